The topological polar surface area (TPSA) is 0 Å². The van der Waals surface area contributed by atoms with Gasteiger partial charge in [-0.1, -0.05) is 38.1 Å². The highest BCUT2D eigenvalue weighted by Gasteiger charge is 2.34. The van der Waals surface area contributed by atoms with Crippen molar-refractivity contribution in [3.8, 4) is 11.1 Å². The molecule has 0 bridgehead atoms. The summed E-state index contributed by atoms with van der Waals surface area (Å²) in [6.07, 6.45) is -0.930. The molecule has 1 fully saturated rings. The van der Waals surface area contributed by atoms with Gasteiger partial charge in [-0.15, -0.1) is 0 Å². The Kier molecular flexibility index (Phi) is 8.00. The van der Waals surface area contributed by atoms with Crippen LogP contribution in [0.15, 0.2) is 54.6 Å². The molecule has 8 heteroatoms. The van der Waals surface area contributed by atoms with Gasteiger partial charge in [-0.25, -0.2) is 22.0 Å². The highest BCUT2D eigenvalue weighted by molar-refractivity contribution is 5.84. The lowest BCUT2D eigenvalue weighted by molar-refractivity contribution is -0.140. The molecule has 3 aromatic carbocycles. The van der Waals surface area contributed by atoms with Gasteiger partial charge in [0.05, 0.1) is 5.56 Å². The number of alkyl halides is 3. The standard InChI is InChI=1S/C30H26F8/c1-16(2)17-3-5-18(6-4-17)19-7-10-22(25(31)13-19)20-8-11-23(26(32)14-20)29(35)28(34)21-9-12-24(27(33)15-21)30(36,37)38/h7-18H,3-6H2,1-2H3/b29-28+. The molecule has 0 heterocycles. The van der Waals surface area contributed by atoms with Crippen molar-refractivity contribution in [3.63, 3.8) is 0 Å². The molecule has 0 unspecified atom stereocenters. The Balaban J connectivity index is 1.57. The van der Waals surface area contributed by atoms with Crippen molar-refractivity contribution < 1.29 is 35.1 Å². The van der Waals surface area contributed by atoms with Gasteiger partial charge in [0.15, 0.2) is 11.7 Å². The van der Waals surface area contributed by atoms with Gasteiger partial charge in [-0.3, -0.25) is 0 Å². The Hall–Kier alpha value is -3.16. The van der Waals surface area contributed by atoms with E-state index in [0.717, 1.165) is 43.4 Å². The van der Waals surface area contributed by atoms with Crippen molar-refractivity contribution >= 4 is 11.7 Å². The first-order valence-electron chi connectivity index (χ1n) is 12.4. The second-order valence-electron chi connectivity index (χ2n) is 10.1. The van der Waals surface area contributed by atoms with E-state index in [1.807, 2.05) is 0 Å². The summed E-state index contributed by atoms with van der Waals surface area (Å²) < 4.78 is 111. The van der Waals surface area contributed by atoms with Gasteiger partial charge in [0.25, 0.3) is 0 Å². The molecule has 4 rings (SSSR count). The highest BCUT2D eigenvalue weighted by Crippen LogP contribution is 2.40. The molecule has 0 saturated heterocycles. The van der Waals surface area contributed by atoms with E-state index in [1.165, 1.54) is 18.2 Å². The molecule has 0 radical (unpaired) electrons. The molecule has 3 aromatic rings. The number of rotatable bonds is 5. The van der Waals surface area contributed by atoms with E-state index in [9.17, 15) is 30.7 Å². The summed E-state index contributed by atoms with van der Waals surface area (Å²) in [5.41, 5.74) is -2.23. The normalized spacial score (nSPS) is 19.0. The Labute approximate surface area is 216 Å². The van der Waals surface area contributed by atoms with Crippen molar-refractivity contribution in [1.82, 2.24) is 0 Å². The monoisotopic (exact) mass is 538 g/mol. The van der Waals surface area contributed by atoms with Crippen molar-refractivity contribution in [1.29, 1.82) is 0 Å². The van der Waals surface area contributed by atoms with Gasteiger partial charge in [-0.05, 0) is 84.9 Å². The molecule has 1 saturated carbocycles. The summed E-state index contributed by atoms with van der Waals surface area (Å²) in [6, 6.07) is 8.75. The largest absolute Gasteiger partial charge is 0.419 e. The fourth-order valence-electron chi connectivity index (χ4n) is 5.13. The van der Waals surface area contributed by atoms with E-state index in [0.29, 0.717) is 17.9 Å². The maximum absolute atomic E-state index is 15.0. The first kappa shape index (κ1) is 27.9. The van der Waals surface area contributed by atoms with Crippen LogP contribution in [0.5, 0.6) is 0 Å². The van der Waals surface area contributed by atoms with Crippen LogP contribution in [-0.4, -0.2) is 0 Å². The predicted octanol–water partition coefficient (Wildman–Crippen LogP) is 10.5. The van der Waals surface area contributed by atoms with E-state index >= 15 is 4.39 Å². The fraction of sp³-hybridized carbons (Fsp3) is 0.333. The second-order valence-corrected chi connectivity index (χ2v) is 10.1. The molecular weight excluding hydrogens is 512 g/mol. The third kappa shape index (κ3) is 5.79. The Morgan fingerprint density at radius 2 is 1.42 bits per heavy atom. The zero-order valence-electron chi connectivity index (χ0n) is 20.8. The summed E-state index contributed by atoms with van der Waals surface area (Å²) >= 11 is 0. The van der Waals surface area contributed by atoms with Crippen LogP contribution in [0.1, 0.15) is 67.7 Å². The minimum absolute atomic E-state index is 0.0877. The van der Waals surface area contributed by atoms with Gasteiger partial charge in [0.1, 0.15) is 17.5 Å². The maximum Gasteiger partial charge on any atom is 0.419 e. The van der Waals surface area contributed by atoms with Gasteiger partial charge >= 0.3 is 6.18 Å². The fourth-order valence-corrected chi connectivity index (χ4v) is 5.13. The third-order valence-electron chi connectivity index (χ3n) is 7.42. The van der Waals surface area contributed by atoms with E-state index in [1.54, 1.807) is 6.07 Å². The Bertz CT molecular complexity index is 1340. The first-order chi connectivity index (χ1) is 17.9. The molecule has 1 aliphatic carbocycles. The minimum Gasteiger partial charge on any atom is -0.206 e. The van der Waals surface area contributed by atoms with Crippen LogP contribution >= 0.6 is 0 Å². The Morgan fingerprint density at radius 1 is 0.737 bits per heavy atom. The summed E-state index contributed by atoms with van der Waals surface area (Å²) in [5.74, 6) is -5.51. The average molecular weight is 539 g/mol. The molecule has 0 nitrogen and oxygen atoms in total. The van der Waals surface area contributed by atoms with E-state index < -0.39 is 52.0 Å². The predicted molar refractivity (Wildman–Crippen MR) is 132 cm³/mol. The molecule has 0 N–H and O–H groups in total. The zero-order chi connectivity index (χ0) is 27.8. The Morgan fingerprint density at radius 3 is 1.97 bits per heavy atom. The van der Waals surface area contributed by atoms with Crippen LogP contribution in [-0.2, 0) is 6.18 Å². The highest BCUT2D eigenvalue weighted by atomic mass is 19.4. The van der Waals surface area contributed by atoms with Crippen molar-refractivity contribution in [3.05, 3.63) is 94.3 Å². The number of hydrogen-bond donors (Lipinski definition) is 0. The minimum atomic E-state index is -5.01. The van der Waals surface area contributed by atoms with Crippen molar-refractivity contribution in [2.24, 2.45) is 11.8 Å². The lowest BCUT2D eigenvalue weighted by Gasteiger charge is -2.31. The summed E-state index contributed by atoms with van der Waals surface area (Å²) in [4.78, 5) is 0. The first-order valence-corrected chi connectivity index (χ1v) is 12.4. The van der Waals surface area contributed by atoms with Crippen molar-refractivity contribution in [2.75, 3.05) is 0 Å². The molecular formula is C30H26F8. The smallest absolute Gasteiger partial charge is 0.206 e. The molecule has 0 aliphatic heterocycles. The van der Waals surface area contributed by atoms with E-state index in [2.05, 4.69) is 13.8 Å². The molecule has 1 aliphatic rings. The average Bonchev–Trinajstić information content (AvgIpc) is 2.87. The van der Waals surface area contributed by atoms with Gasteiger partial charge in [0.2, 0.25) is 0 Å². The zero-order valence-corrected chi connectivity index (χ0v) is 20.8. The van der Waals surface area contributed by atoms with Crippen LogP contribution in [0.2, 0.25) is 0 Å². The van der Waals surface area contributed by atoms with Gasteiger partial charge in [0, 0.05) is 16.7 Å². The summed E-state index contributed by atoms with van der Waals surface area (Å²) in [5, 5.41) is 0. The van der Waals surface area contributed by atoms with Gasteiger partial charge < -0.3 is 0 Å². The summed E-state index contributed by atoms with van der Waals surface area (Å²) in [6.45, 7) is 4.41. The molecule has 0 amide bonds. The number of hydrogen-bond acceptors (Lipinski definition) is 0. The van der Waals surface area contributed by atoms with Crippen molar-refractivity contribution in [2.45, 2.75) is 51.6 Å². The quantitative estimate of drug-likeness (QED) is 0.224. The second kappa shape index (κ2) is 10.9. The SMILES string of the molecule is CC(C)C1CCC(c2ccc(-c3ccc(/C(F)=C(\F)c4ccc(C(F)(F)F)c(F)c4)c(F)c3)c(F)c2)CC1. The summed E-state index contributed by atoms with van der Waals surface area (Å²) in [7, 11) is 0. The van der Waals surface area contributed by atoms with E-state index in [-0.39, 0.29) is 29.2 Å². The van der Waals surface area contributed by atoms with Crippen LogP contribution in [0, 0.1) is 29.3 Å². The van der Waals surface area contributed by atoms with Crippen LogP contribution in [0.3, 0.4) is 0 Å². The lowest BCUT2D eigenvalue weighted by atomic mass is 9.74. The lowest BCUT2D eigenvalue weighted by Crippen LogP contribution is -2.17. The number of benzene rings is 3. The van der Waals surface area contributed by atoms with Gasteiger partial charge in [-0.2, -0.15) is 13.2 Å². The van der Waals surface area contributed by atoms with Crippen LogP contribution in [0.25, 0.3) is 22.8 Å². The van der Waals surface area contributed by atoms with Crippen LogP contribution in [0.4, 0.5) is 35.1 Å². The number of halogens is 8. The molecule has 0 aromatic heterocycles. The molecule has 38 heavy (non-hydrogen) atoms. The maximum atomic E-state index is 15.0. The third-order valence-corrected chi connectivity index (χ3v) is 7.42. The molecule has 202 valence electrons. The molecule has 0 atom stereocenters. The van der Waals surface area contributed by atoms with E-state index in [4.69, 9.17) is 0 Å². The molecule has 0 spiro atoms. The van der Waals surface area contributed by atoms with Crippen LogP contribution < -0.4 is 0 Å².